The van der Waals surface area contributed by atoms with E-state index in [-0.39, 0.29) is 0 Å². The number of nitrogens with one attached hydrogen (secondary N) is 2. The third-order valence-electron chi connectivity index (χ3n) is 2.64. The second kappa shape index (κ2) is 5.40. The van der Waals surface area contributed by atoms with E-state index < -0.39 is 0 Å². The maximum Gasteiger partial charge on any atom is 0.188 e. The molecule has 0 unspecified atom stereocenters. The number of aromatic amines is 1. The summed E-state index contributed by atoms with van der Waals surface area (Å²) in [5, 5.41) is 21.3. The molecule has 0 amide bonds. The molecule has 0 saturated carbocycles. The number of nitrogens with zero attached hydrogens (tertiary/aromatic N) is 5. The van der Waals surface area contributed by atoms with Gasteiger partial charge in [0.25, 0.3) is 0 Å². The molecule has 3 aromatic rings. The van der Waals surface area contributed by atoms with Crippen molar-refractivity contribution in [3.63, 3.8) is 0 Å². The van der Waals surface area contributed by atoms with Gasteiger partial charge in [0.05, 0.1) is 17.9 Å². The molecule has 1 aromatic carbocycles. The first-order valence-electron chi connectivity index (χ1n) is 5.95. The van der Waals surface area contributed by atoms with Crippen LogP contribution in [0.2, 0.25) is 0 Å². The molecule has 2 heterocycles. The van der Waals surface area contributed by atoms with Gasteiger partial charge in [0.1, 0.15) is 0 Å². The summed E-state index contributed by atoms with van der Waals surface area (Å²) in [7, 11) is 0. The highest BCUT2D eigenvalue weighted by molar-refractivity contribution is 5.30. The first-order chi connectivity index (χ1) is 9.42. The molecular formula is C12H13N7. The van der Waals surface area contributed by atoms with E-state index in [0.717, 1.165) is 11.4 Å². The molecule has 3 rings (SSSR count). The largest absolute Gasteiger partial charge is 0.304 e. The highest BCUT2D eigenvalue weighted by atomic mass is 15.5. The van der Waals surface area contributed by atoms with Gasteiger partial charge in [0.2, 0.25) is 0 Å². The lowest BCUT2D eigenvalue weighted by atomic mass is 10.3. The second-order valence-corrected chi connectivity index (χ2v) is 4.02. The lowest BCUT2D eigenvalue weighted by Crippen LogP contribution is -2.14. The van der Waals surface area contributed by atoms with Gasteiger partial charge < -0.3 is 5.32 Å². The predicted molar refractivity (Wildman–Crippen MR) is 68.3 cm³/mol. The Hall–Kier alpha value is -2.54. The minimum Gasteiger partial charge on any atom is -0.304 e. The fourth-order valence-electron chi connectivity index (χ4n) is 1.74. The molecule has 7 nitrogen and oxygen atoms in total. The first kappa shape index (κ1) is 11.5. The molecule has 0 fully saturated rings. The molecule has 0 saturated heterocycles. The van der Waals surface area contributed by atoms with E-state index in [1.165, 1.54) is 0 Å². The highest BCUT2D eigenvalue weighted by Gasteiger charge is 2.02. The van der Waals surface area contributed by atoms with E-state index in [1.54, 1.807) is 0 Å². The van der Waals surface area contributed by atoms with Crippen LogP contribution in [0.3, 0.4) is 0 Å². The van der Waals surface area contributed by atoms with Crippen LogP contribution in [-0.2, 0) is 13.1 Å². The Bertz CT molecular complexity index is 615. The maximum absolute atomic E-state index is 4.49. The van der Waals surface area contributed by atoms with Crippen LogP contribution in [0, 0.1) is 0 Å². The monoisotopic (exact) mass is 255 g/mol. The normalized spacial score (nSPS) is 10.7. The van der Waals surface area contributed by atoms with Crippen molar-refractivity contribution in [3.8, 4) is 5.69 Å². The molecule has 0 aliphatic rings. The Kier molecular flexibility index (Phi) is 3.28. The molecule has 96 valence electrons. The van der Waals surface area contributed by atoms with Crippen LogP contribution < -0.4 is 5.32 Å². The molecule has 0 atom stereocenters. The minimum absolute atomic E-state index is 0.564. The van der Waals surface area contributed by atoms with Crippen molar-refractivity contribution >= 4 is 0 Å². The van der Waals surface area contributed by atoms with Crippen molar-refractivity contribution in [2.24, 2.45) is 0 Å². The topological polar surface area (TPSA) is 84.3 Å². The molecule has 0 aliphatic carbocycles. The Morgan fingerprint density at radius 1 is 1.11 bits per heavy atom. The van der Waals surface area contributed by atoms with Crippen molar-refractivity contribution in [2.45, 2.75) is 13.1 Å². The Morgan fingerprint density at radius 3 is 2.79 bits per heavy atom. The smallest absolute Gasteiger partial charge is 0.188 e. The van der Waals surface area contributed by atoms with Gasteiger partial charge in [0, 0.05) is 12.7 Å². The zero-order chi connectivity index (χ0) is 12.9. The summed E-state index contributed by atoms with van der Waals surface area (Å²) >= 11 is 0. The summed E-state index contributed by atoms with van der Waals surface area (Å²) < 4.78 is 1.85. The standard InChI is InChI=1S/C12H13N7/c1-2-4-11(5-3-1)19-7-6-10(16-19)8-13-9-12-14-17-18-15-12/h1-7,13H,8-9H2,(H,14,15,17,18). The van der Waals surface area contributed by atoms with Gasteiger partial charge in [-0.25, -0.2) is 4.68 Å². The van der Waals surface area contributed by atoms with Gasteiger partial charge in [-0.1, -0.05) is 23.4 Å². The van der Waals surface area contributed by atoms with Crippen molar-refractivity contribution in [1.29, 1.82) is 0 Å². The summed E-state index contributed by atoms with van der Waals surface area (Å²) in [5.41, 5.74) is 2.01. The maximum atomic E-state index is 4.49. The van der Waals surface area contributed by atoms with Gasteiger partial charge in [-0.05, 0) is 18.2 Å². The van der Waals surface area contributed by atoms with Gasteiger partial charge in [-0.3, -0.25) is 0 Å². The zero-order valence-electron chi connectivity index (χ0n) is 10.2. The number of hydrogen-bond acceptors (Lipinski definition) is 5. The summed E-state index contributed by atoms with van der Waals surface area (Å²) in [6, 6.07) is 12.0. The van der Waals surface area contributed by atoms with Gasteiger partial charge >= 0.3 is 0 Å². The quantitative estimate of drug-likeness (QED) is 0.700. The lowest BCUT2D eigenvalue weighted by Gasteiger charge is -2.00. The molecule has 0 bridgehead atoms. The SMILES string of the molecule is c1ccc(-n2ccc(CNCc3nn[nH]n3)n2)cc1. The average Bonchev–Trinajstić information content (AvgIpc) is 3.11. The second-order valence-electron chi connectivity index (χ2n) is 4.02. The lowest BCUT2D eigenvalue weighted by molar-refractivity contribution is 0.645. The van der Waals surface area contributed by atoms with E-state index in [1.807, 2.05) is 47.3 Å². The first-order valence-corrected chi connectivity index (χ1v) is 5.95. The third kappa shape index (κ3) is 2.83. The van der Waals surface area contributed by atoms with Crippen molar-refractivity contribution < 1.29 is 0 Å². The Labute approximate surface area is 109 Å². The van der Waals surface area contributed by atoms with Crippen LogP contribution >= 0.6 is 0 Å². The molecule has 0 aliphatic heterocycles. The zero-order valence-corrected chi connectivity index (χ0v) is 10.2. The van der Waals surface area contributed by atoms with Crippen LogP contribution in [0.15, 0.2) is 42.6 Å². The average molecular weight is 255 g/mol. The number of tetrazole rings is 1. The number of rotatable bonds is 5. The van der Waals surface area contributed by atoms with Crippen LogP contribution in [0.25, 0.3) is 5.69 Å². The number of hydrogen-bond donors (Lipinski definition) is 2. The van der Waals surface area contributed by atoms with Crippen LogP contribution in [-0.4, -0.2) is 30.4 Å². The van der Waals surface area contributed by atoms with E-state index in [0.29, 0.717) is 18.9 Å². The van der Waals surface area contributed by atoms with Gasteiger partial charge in [-0.2, -0.15) is 10.3 Å². The van der Waals surface area contributed by atoms with Crippen LogP contribution in [0.1, 0.15) is 11.5 Å². The fourth-order valence-corrected chi connectivity index (χ4v) is 1.74. The van der Waals surface area contributed by atoms with Gasteiger partial charge in [-0.15, -0.1) is 10.2 Å². The van der Waals surface area contributed by atoms with E-state index in [9.17, 15) is 0 Å². The van der Waals surface area contributed by atoms with Gasteiger partial charge in [0.15, 0.2) is 5.82 Å². The Balaban J connectivity index is 1.59. The molecule has 0 radical (unpaired) electrons. The summed E-state index contributed by atoms with van der Waals surface area (Å²) in [5.74, 6) is 0.641. The summed E-state index contributed by atoms with van der Waals surface area (Å²) in [4.78, 5) is 0. The molecular weight excluding hydrogens is 242 g/mol. The van der Waals surface area contributed by atoms with Crippen LogP contribution in [0.5, 0.6) is 0 Å². The number of aromatic nitrogens is 6. The number of H-pyrrole nitrogens is 1. The molecule has 2 N–H and O–H groups in total. The predicted octanol–water partition coefficient (Wildman–Crippen LogP) is 0.675. The minimum atomic E-state index is 0.564. The Morgan fingerprint density at radius 2 is 2.00 bits per heavy atom. The molecule has 7 heteroatoms. The molecule has 19 heavy (non-hydrogen) atoms. The van der Waals surface area contributed by atoms with Crippen molar-refractivity contribution in [1.82, 2.24) is 35.7 Å². The highest BCUT2D eigenvalue weighted by Crippen LogP contribution is 2.06. The van der Waals surface area contributed by atoms with Crippen LogP contribution in [0.4, 0.5) is 0 Å². The van der Waals surface area contributed by atoms with E-state index >= 15 is 0 Å². The number of benzene rings is 1. The fraction of sp³-hybridized carbons (Fsp3) is 0.167. The van der Waals surface area contributed by atoms with E-state index in [2.05, 4.69) is 31.0 Å². The van der Waals surface area contributed by atoms with Crippen molar-refractivity contribution in [3.05, 3.63) is 54.1 Å². The van der Waals surface area contributed by atoms with E-state index in [4.69, 9.17) is 0 Å². The summed E-state index contributed by atoms with van der Waals surface area (Å²) in [6.45, 7) is 1.23. The third-order valence-corrected chi connectivity index (χ3v) is 2.64. The summed E-state index contributed by atoms with van der Waals surface area (Å²) in [6.07, 6.45) is 1.95. The van der Waals surface area contributed by atoms with Crippen molar-refractivity contribution in [2.75, 3.05) is 0 Å². The molecule has 0 spiro atoms. The number of para-hydroxylation sites is 1. The molecule has 2 aromatic heterocycles.